The molecule has 0 spiro atoms. The van der Waals surface area contributed by atoms with Gasteiger partial charge in [-0.1, -0.05) is 26.7 Å². The molecule has 7 heteroatoms. The van der Waals surface area contributed by atoms with E-state index in [4.69, 9.17) is 0 Å². The molecule has 1 heterocycles. The van der Waals surface area contributed by atoms with Crippen molar-refractivity contribution in [2.24, 2.45) is 4.99 Å². The second-order valence-electron chi connectivity index (χ2n) is 6.00. The number of aryl methyl sites for hydroxylation is 1. The lowest BCUT2D eigenvalue weighted by Gasteiger charge is -2.26. The van der Waals surface area contributed by atoms with E-state index in [2.05, 4.69) is 39.0 Å². The average molecular weight is 451 g/mol. The first-order valence-electron chi connectivity index (χ1n) is 8.83. The highest BCUT2D eigenvalue weighted by molar-refractivity contribution is 14.0. The van der Waals surface area contributed by atoms with E-state index >= 15 is 0 Å². The van der Waals surface area contributed by atoms with Gasteiger partial charge in [-0.2, -0.15) is 0 Å². The predicted octanol–water partition coefficient (Wildman–Crippen LogP) is 2.78. The minimum absolute atomic E-state index is 0. The summed E-state index contributed by atoms with van der Waals surface area (Å²) in [6, 6.07) is 0. The van der Waals surface area contributed by atoms with E-state index in [-0.39, 0.29) is 24.0 Å². The van der Waals surface area contributed by atoms with Crippen LogP contribution in [0.15, 0.2) is 23.7 Å². The summed E-state index contributed by atoms with van der Waals surface area (Å²) in [4.78, 5) is 8.62. The quantitative estimate of drug-likeness (QED) is 0.209. The van der Waals surface area contributed by atoms with Gasteiger partial charge in [0.25, 0.3) is 0 Å². The number of aliphatic hydroxyl groups is 1. The van der Waals surface area contributed by atoms with E-state index in [1.165, 1.54) is 0 Å². The summed E-state index contributed by atoms with van der Waals surface area (Å²) in [6.07, 6.45) is 10.1. The van der Waals surface area contributed by atoms with Gasteiger partial charge in [-0.15, -0.1) is 24.0 Å². The first kappa shape index (κ1) is 23.2. The Labute approximate surface area is 163 Å². The van der Waals surface area contributed by atoms with Crippen molar-refractivity contribution < 1.29 is 5.11 Å². The normalized spacial score (nSPS) is 11.9. The van der Waals surface area contributed by atoms with E-state index in [0.717, 1.165) is 57.7 Å². The highest BCUT2D eigenvalue weighted by Gasteiger charge is 2.24. The predicted molar refractivity (Wildman–Crippen MR) is 111 cm³/mol. The second kappa shape index (κ2) is 13.5. The molecule has 0 radical (unpaired) electrons. The zero-order valence-corrected chi connectivity index (χ0v) is 17.6. The van der Waals surface area contributed by atoms with Gasteiger partial charge in [0.15, 0.2) is 5.96 Å². The average Bonchev–Trinajstić information content (AvgIpc) is 3.03. The van der Waals surface area contributed by atoms with Crippen LogP contribution in [-0.2, 0) is 6.54 Å². The molecule has 0 saturated heterocycles. The number of hydrogen-bond donors (Lipinski definition) is 3. The first-order valence-corrected chi connectivity index (χ1v) is 8.83. The van der Waals surface area contributed by atoms with Gasteiger partial charge in [0, 0.05) is 32.0 Å². The van der Waals surface area contributed by atoms with Crippen LogP contribution in [0.25, 0.3) is 0 Å². The van der Waals surface area contributed by atoms with Crippen molar-refractivity contribution in [2.75, 3.05) is 19.6 Å². The highest BCUT2D eigenvalue weighted by Crippen LogP contribution is 2.19. The molecule has 0 unspecified atom stereocenters. The van der Waals surface area contributed by atoms with Crippen LogP contribution in [0, 0.1) is 0 Å². The molecule has 0 aliphatic carbocycles. The standard InChI is InChI=1S/C17H33N5O.HI/c1-4-8-17(23,9-5-2)14-21-16(19-6-3)20-10-7-12-22-13-11-18-15-22;/h11,13,15,23H,4-10,12,14H2,1-3H3,(H2,19,20,21);1H. The van der Waals surface area contributed by atoms with Crippen LogP contribution in [0.1, 0.15) is 52.9 Å². The van der Waals surface area contributed by atoms with E-state index in [0.29, 0.717) is 6.54 Å². The zero-order valence-electron chi connectivity index (χ0n) is 15.3. The van der Waals surface area contributed by atoms with Crippen molar-refractivity contribution in [2.45, 2.75) is 65.0 Å². The van der Waals surface area contributed by atoms with E-state index < -0.39 is 5.60 Å². The molecule has 0 atom stereocenters. The molecule has 6 nitrogen and oxygen atoms in total. The minimum Gasteiger partial charge on any atom is -0.388 e. The molecule has 24 heavy (non-hydrogen) atoms. The molecule has 0 fully saturated rings. The van der Waals surface area contributed by atoms with Crippen molar-refractivity contribution in [1.82, 2.24) is 20.2 Å². The van der Waals surface area contributed by atoms with E-state index in [9.17, 15) is 5.11 Å². The van der Waals surface area contributed by atoms with Crippen LogP contribution in [0.5, 0.6) is 0 Å². The molecular formula is C17H34IN5O. The van der Waals surface area contributed by atoms with E-state index in [1.54, 1.807) is 6.20 Å². The first-order chi connectivity index (χ1) is 11.1. The van der Waals surface area contributed by atoms with Crippen molar-refractivity contribution in [3.63, 3.8) is 0 Å². The van der Waals surface area contributed by atoms with Gasteiger partial charge in [-0.25, -0.2) is 4.98 Å². The van der Waals surface area contributed by atoms with Crippen LogP contribution in [0.4, 0.5) is 0 Å². The summed E-state index contributed by atoms with van der Waals surface area (Å²) in [5.74, 6) is 0.781. The third-order valence-electron chi connectivity index (χ3n) is 3.75. The van der Waals surface area contributed by atoms with Crippen LogP contribution in [-0.4, -0.2) is 45.9 Å². The fourth-order valence-corrected chi connectivity index (χ4v) is 2.67. The lowest BCUT2D eigenvalue weighted by Crippen LogP contribution is -2.40. The number of halogens is 1. The Hall–Kier alpha value is -0.830. The van der Waals surface area contributed by atoms with Crippen LogP contribution in [0.2, 0.25) is 0 Å². The second-order valence-corrected chi connectivity index (χ2v) is 6.00. The van der Waals surface area contributed by atoms with Gasteiger partial charge in [-0.05, 0) is 26.2 Å². The summed E-state index contributed by atoms with van der Waals surface area (Å²) in [5, 5.41) is 17.2. The van der Waals surface area contributed by atoms with Crippen molar-refractivity contribution in [1.29, 1.82) is 0 Å². The summed E-state index contributed by atoms with van der Waals surface area (Å²) >= 11 is 0. The van der Waals surface area contributed by atoms with E-state index in [1.807, 2.05) is 19.4 Å². The molecule has 0 bridgehead atoms. The van der Waals surface area contributed by atoms with Crippen LogP contribution >= 0.6 is 24.0 Å². The number of aromatic nitrogens is 2. The Morgan fingerprint density at radius 3 is 2.46 bits per heavy atom. The molecule has 140 valence electrons. The number of aliphatic imine (C=N–C) groups is 1. The topological polar surface area (TPSA) is 74.5 Å². The molecule has 0 saturated carbocycles. The summed E-state index contributed by atoms with van der Waals surface area (Å²) < 4.78 is 2.06. The molecule has 0 aromatic carbocycles. The molecule has 0 amide bonds. The third kappa shape index (κ3) is 9.46. The Bertz CT molecular complexity index is 430. The molecule has 0 aliphatic heterocycles. The van der Waals surface area contributed by atoms with Crippen molar-refractivity contribution in [3.05, 3.63) is 18.7 Å². The maximum atomic E-state index is 10.7. The Morgan fingerprint density at radius 2 is 1.92 bits per heavy atom. The van der Waals surface area contributed by atoms with Crippen molar-refractivity contribution in [3.8, 4) is 0 Å². The van der Waals surface area contributed by atoms with Gasteiger partial charge in [-0.3, -0.25) is 4.99 Å². The Kier molecular flexibility index (Phi) is 13.0. The molecule has 1 aromatic heterocycles. The maximum absolute atomic E-state index is 10.7. The van der Waals surface area contributed by atoms with Gasteiger partial charge in [0.2, 0.25) is 0 Å². The molecule has 1 rings (SSSR count). The largest absolute Gasteiger partial charge is 0.388 e. The number of rotatable bonds is 11. The Morgan fingerprint density at radius 1 is 1.21 bits per heavy atom. The zero-order chi connectivity index (χ0) is 17.0. The molecule has 0 aliphatic rings. The van der Waals surface area contributed by atoms with Crippen LogP contribution in [0.3, 0.4) is 0 Å². The molecule has 3 N–H and O–H groups in total. The lowest BCUT2D eigenvalue weighted by molar-refractivity contribution is 0.0306. The summed E-state index contributed by atoms with van der Waals surface area (Å²) in [5.41, 5.74) is -0.678. The fraction of sp³-hybridized carbons (Fsp3) is 0.765. The number of guanidine groups is 1. The minimum atomic E-state index is -0.678. The number of imidazole rings is 1. The highest BCUT2D eigenvalue weighted by atomic mass is 127. The SMILES string of the molecule is CCCC(O)(CCC)CN=C(NCC)NCCCn1ccnc1.I. The fourth-order valence-electron chi connectivity index (χ4n) is 2.67. The number of nitrogens with zero attached hydrogens (tertiary/aromatic N) is 3. The monoisotopic (exact) mass is 451 g/mol. The van der Waals surface area contributed by atoms with Gasteiger partial charge in [0.1, 0.15) is 0 Å². The third-order valence-corrected chi connectivity index (χ3v) is 3.75. The van der Waals surface area contributed by atoms with Gasteiger partial charge < -0.3 is 20.3 Å². The number of hydrogen-bond acceptors (Lipinski definition) is 3. The smallest absolute Gasteiger partial charge is 0.191 e. The summed E-state index contributed by atoms with van der Waals surface area (Å²) in [7, 11) is 0. The Balaban J connectivity index is 0.00000529. The van der Waals surface area contributed by atoms with Gasteiger partial charge >= 0.3 is 0 Å². The lowest BCUT2D eigenvalue weighted by atomic mass is 9.93. The van der Waals surface area contributed by atoms with Crippen LogP contribution < -0.4 is 10.6 Å². The maximum Gasteiger partial charge on any atom is 0.191 e. The molecule has 1 aromatic rings. The van der Waals surface area contributed by atoms with Crippen molar-refractivity contribution >= 4 is 29.9 Å². The summed E-state index contributed by atoms with van der Waals surface area (Å²) in [6.45, 7) is 9.28. The van der Waals surface area contributed by atoms with Gasteiger partial charge in [0.05, 0.1) is 18.5 Å². The molecular weight excluding hydrogens is 417 g/mol. The number of nitrogens with one attached hydrogen (secondary N) is 2.